The summed E-state index contributed by atoms with van der Waals surface area (Å²) in [5, 5.41) is 3.40. The van der Waals surface area contributed by atoms with Crippen molar-refractivity contribution in [2.24, 2.45) is 0 Å². The van der Waals surface area contributed by atoms with Crippen LogP contribution >= 0.6 is 43.5 Å². The van der Waals surface area contributed by atoms with E-state index in [1.807, 2.05) is 13.0 Å². The summed E-state index contributed by atoms with van der Waals surface area (Å²) in [6, 6.07) is 6.96. The number of halogens is 3. The van der Waals surface area contributed by atoms with E-state index >= 15 is 0 Å². The summed E-state index contributed by atoms with van der Waals surface area (Å²) < 4.78 is 1.28. The van der Waals surface area contributed by atoms with Gasteiger partial charge in [0, 0.05) is 15.7 Å². The van der Waals surface area contributed by atoms with Crippen molar-refractivity contribution in [1.82, 2.24) is 4.98 Å². The number of amides is 1. The molecule has 2 aromatic rings. The Balaban J connectivity index is 2.30. The molecule has 1 N–H and O–H groups in total. The van der Waals surface area contributed by atoms with E-state index in [2.05, 4.69) is 42.2 Å². The molecule has 1 heterocycles. The van der Waals surface area contributed by atoms with E-state index < -0.39 is 0 Å². The molecule has 19 heavy (non-hydrogen) atoms. The number of aromatic nitrogens is 1. The molecule has 3 nitrogen and oxygen atoms in total. The van der Waals surface area contributed by atoms with Gasteiger partial charge in [-0.2, -0.15) is 0 Å². The number of nitrogens with zero attached hydrogens (tertiary/aromatic N) is 1. The highest BCUT2D eigenvalue weighted by Crippen LogP contribution is 2.29. The van der Waals surface area contributed by atoms with E-state index in [9.17, 15) is 4.79 Å². The Bertz CT molecular complexity index is 647. The van der Waals surface area contributed by atoms with Gasteiger partial charge in [-0.05, 0) is 68.6 Å². The standard InChI is InChI=1S/C13H9Br2ClN2O/c1-7-5-9(14)11(6-10(7)16)18-13(19)8-3-2-4-17-12(8)15/h2-6H,1H3,(H,18,19). The van der Waals surface area contributed by atoms with Crippen LogP contribution in [-0.4, -0.2) is 10.9 Å². The maximum atomic E-state index is 12.1. The lowest BCUT2D eigenvalue weighted by molar-refractivity contribution is 0.102. The summed E-state index contributed by atoms with van der Waals surface area (Å²) in [5.74, 6) is -0.249. The Hall–Kier alpha value is -0.910. The van der Waals surface area contributed by atoms with Crippen molar-refractivity contribution in [3.05, 3.63) is 55.7 Å². The molecule has 2 rings (SSSR count). The third kappa shape index (κ3) is 3.35. The number of hydrogen-bond acceptors (Lipinski definition) is 2. The van der Waals surface area contributed by atoms with Crippen molar-refractivity contribution in [3.8, 4) is 0 Å². The highest BCUT2D eigenvalue weighted by molar-refractivity contribution is 9.10. The average Bonchev–Trinajstić information content (AvgIpc) is 2.36. The second kappa shape index (κ2) is 6.03. The normalized spacial score (nSPS) is 10.3. The van der Waals surface area contributed by atoms with Crippen LogP contribution in [0, 0.1) is 6.92 Å². The molecule has 0 saturated carbocycles. The SMILES string of the molecule is Cc1cc(Br)c(NC(=O)c2cccnc2Br)cc1Cl. The van der Waals surface area contributed by atoms with Crippen molar-refractivity contribution in [2.75, 3.05) is 5.32 Å². The first-order chi connectivity index (χ1) is 8.99. The fourth-order valence-electron chi connectivity index (χ4n) is 1.49. The van der Waals surface area contributed by atoms with Crippen LogP contribution in [-0.2, 0) is 0 Å². The molecule has 1 aromatic heterocycles. The molecule has 0 spiro atoms. The van der Waals surface area contributed by atoms with Crippen molar-refractivity contribution in [2.45, 2.75) is 6.92 Å². The Labute approximate surface area is 132 Å². The van der Waals surface area contributed by atoms with Crippen molar-refractivity contribution in [3.63, 3.8) is 0 Å². The van der Waals surface area contributed by atoms with Gasteiger partial charge in [0.05, 0.1) is 11.3 Å². The lowest BCUT2D eigenvalue weighted by Gasteiger charge is -2.10. The van der Waals surface area contributed by atoms with Crippen LogP contribution < -0.4 is 5.32 Å². The predicted molar refractivity (Wildman–Crippen MR) is 83.8 cm³/mol. The number of nitrogens with one attached hydrogen (secondary N) is 1. The topological polar surface area (TPSA) is 42.0 Å². The molecule has 6 heteroatoms. The predicted octanol–water partition coefficient (Wildman–Crippen LogP) is 4.82. The second-order valence-corrected chi connectivity index (χ2v) is 5.89. The van der Waals surface area contributed by atoms with Crippen LogP contribution in [0.3, 0.4) is 0 Å². The summed E-state index contributed by atoms with van der Waals surface area (Å²) in [4.78, 5) is 16.2. The number of benzene rings is 1. The first-order valence-electron chi connectivity index (χ1n) is 5.36. The lowest BCUT2D eigenvalue weighted by atomic mass is 10.2. The number of aryl methyl sites for hydroxylation is 1. The minimum absolute atomic E-state index is 0.249. The van der Waals surface area contributed by atoms with E-state index in [0.717, 1.165) is 10.0 Å². The molecule has 1 amide bonds. The first kappa shape index (κ1) is 14.5. The first-order valence-corrected chi connectivity index (χ1v) is 7.33. The molecule has 0 bridgehead atoms. The summed E-state index contributed by atoms with van der Waals surface area (Å²) in [6.45, 7) is 1.90. The van der Waals surface area contributed by atoms with Gasteiger partial charge in [-0.3, -0.25) is 4.79 Å². The van der Waals surface area contributed by atoms with Gasteiger partial charge in [0.2, 0.25) is 0 Å². The zero-order valence-corrected chi connectivity index (χ0v) is 13.8. The second-order valence-electron chi connectivity index (χ2n) is 3.88. The largest absolute Gasteiger partial charge is 0.321 e. The van der Waals surface area contributed by atoms with Gasteiger partial charge in [-0.15, -0.1) is 0 Å². The van der Waals surface area contributed by atoms with Gasteiger partial charge in [0.15, 0.2) is 0 Å². The Morgan fingerprint density at radius 1 is 1.37 bits per heavy atom. The molecule has 98 valence electrons. The zero-order valence-electron chi connectivity index (χ0n) is 9.88. The third-order valence-corrected chi connectivity index (χ3v) is 4.20. The minimum atomic E-state index is -0.249. The molecule has 0 unspecified atom stereocenters. The summed E-state index contributed by atoms with van der Waals surface area (Å²) in [6.07, 6.45) is 1.61. The molecule has 1 aromatic carbocycles. The number of hydrogen-bond donors (Lipinski definition) is 1. The van der Waals surface area contributed by atoms with Gasteiger partial charge < -0.3 is 5.32 Å². The molecule has 0 fully saturated rings. The highest BCUT2D eigenvalue weighted by atomic mass is 79.9. The number of pyridine rings is 1. The van der Waals surface area contributed by atoms with Crippen molar-refractivity contribution >= 4 is 55.1 Å². The van der Waals surface area contributed by atoms with E-state index in [1.165, 1.54) is 0 Å². The van der Waals surface area contributed by atoms with Crippen LogP contribution in [0.2, 0.25) is 5.02 Å². The fourth-order valence-corrected chi connectivity index (χ4v) is 2.64. The number of carbonyl (C=O) groups is 1. The zero-order chi connectivity index (χ0) is 14.0. The molecule has 0 radical (unpaired) electrons. The van der Waals surface area contributed by atoms with Crippen molar-refractivity contribution in [1.29, 1.82) is 0 Å². The maximum Gasteiger partial charge on any atom is 0.258 e. The summed E-state index contributed by atoms with van der Waals surface area (Å²) in [5.41, 5.74) is 2.02. The fraction of sp³-hybridized carbons (Fsp3) is 0.0769. The van der Waals surface area contributed by atoms with Gasteiger partial charge in [-0.1, -0.05) is 11.6 Å². The minimum Gasteiger partial charge on any atom is -0.321 e. The summed E-state index contributed by atoms with van der Waals surface area (Å²) >= 11 is 12.7. The number of anilines is 1. The van der Waals surface area contributed by atoms with Gasteiger partial charge in [0.25, 0.3) is 5.91 Å². The summed E-state index contributed by atoms with van der Waals surface area (Å²) in [7, 11) is 0. The third-order valence-electron chi connectivity index (χ3n) is 2.50. The Morgan fingerprint density at radius 3 is 2.79 bits per heavy atom. The smallest absolute Gasteiger partial charge is 0.258 e. The van der Waals surface area contributed by atoms with E-state index in [0.29, 0.717) is 20.9 Å². The van der Waals surface area contributed by atoms with E-state index in [4.69, 9.17) is 11.6 Å². The molecule has 0 saturated heterocycles. The van der Waals surface area contributed by atoms with Crippen LogP contribution in [0.1, 0.15) is 15.9 Å². The van der Waals surface area contributed by atoms with Gasteiger partial charge >= 0.3 is 0 Å². The molecule has 0 atom stereocenters. The van der Waals surface area contributed by atoms with Gasteiger partial charge in [-0.25, -0.2) is 4.98 Å². The Kier molecular flexibility index (Phi) is 4.60. The lowest BCUT2D eigenvalue weighted by Crippen LogP contribution is -2.13. The molecule has 0 aliphatic heterocycles. The van der Waals surface area contributed by atoms with Crippen LogP contribution in [0.5, 0.6) is 0 Å². The van der Waals surface area contributed by atoms with Crippen LogP contribution in [0.4, 0.5) is 5.69 Å². The molecular formula is C13H9Br2ClN2O. The van der Waals surface area contributed by atoms with Gasteiger partial charge in [0.1, 0.15) is 4.60 Å². The van der Waals surface area contributed by atoms with Crippen molar-refractivity contribution < 1.29 is 4.79 Å². The quantitative estimate of drug-likeness (QED) is 0.729. The average molecular weight is 404 g/mol. The van der Waals surface area contributed by atoms with Crippen LogP contribution in [0.15, 0.2) is 39.5 Å². The highest BCUT2D eigenvalue weighted by Gasteiger charge is 2.13. The molecular weight excluding hydrogens is 395 g/mol. The molecule has 0 aliphatic rings. The molecule has 0 aliphatic carbocycles. The van der Waals surface area contributed by atoms with E-state index in [-0.39, 0.29) is 5.91 Å². The Morgan fingerprint density at radius 2 is 2.11 bits per heavy atom. The van der Waals surface area contributed by atoms with E-state index in [1.54, 1.807) is 24.4 Å². The monoisotopic (exact) mass is 402 g/mol. The maximum absolute atomic E-state index is 12.1. The number of carbonyl (C=O) groups excluding carboxylic acids is 1. The number of rotatable bonds is 2. The van der Waals surface area contributed by atoms with Crippen LogP contribution in [0.25, 0.3) is 0 Å².